The lowest BCUT2D eigenvalue weighted by atomic mass is 10.0. The fraction of sp³-hybridized carbons (Fsp3) is 0.357. The van der Waals surface area contributed by atoms with Gasteiger partial charge in [-0.05, 0) is 47.5 Å². The third-order valence-corrected chi connectivity index (χ3v) is 4.27. The smallest absolute Gasteiger partial charge is 0.159 e. The Morgan fingerprint density at radius 1 is 1.35 bits per heavy atom. The quantitative estimate of drug-likeness (QED) is 0.923. The normalized spacial score (nSPS) is 12.7. The zero-order chi connectivity index (χ0) is 14.9. The van der Waals surface area contributed by atoms with Crippen molar-refractivity contribution in [3.8, 4) is 0 Å². The van der Waals surface area contributed by atoms with E-state index in [1.54, 1.807) is 0 Å². The summed E-state index contributed by atoms with van der Waals surface area (Å²) in [6, 6.07) is 3.34. The lowest BCUT2D eigenvalue weighted by Gasteiger charge is -2.14. The summed E-state index contributed by atoms with van der Waals surface area (Å²) in [5, 5.41) is 4.39. The van der Waals surface area contributed by atoms with Crippen molar-refractivity contribution in [1.82, 2.24) is 9.78 Å². The van der Waals surface area contributed by atoms with Gasteiger partial charge in [0.25, 0.3) is 0 Å². The van der Waals surface area contributed by atoms with E-state index in [4.69, 9.17) is 5.73 Å². The highest BCUT2D eigenvalue weighted by atomic mass is 79.9. The van der Waals surface area contributed by atoms with Gasteiger partial charge in [0.05, 0.1) is 15.9 Å². The average molecular weight is 344 g/mol. The number of halogens is 3. The first-order valence-electron chi connectivity index (χ1n) is 6.36. The third-order valence-electron chi connectivity index (χ3n) is 3.24. The van der Waals surface area contributed by atoms with Gasteiger partial charge in [-0.25, -0.2) is 8.78 Å². The molecule has 20 heavy (non-hydrogen) atoms. The van der Waals surface area contributed by atoms with Crippen molar-refractivity contribution in [3.05, 3.63) is 51.3 Å². The summed E-state index contributed by atoms with van der Waals surface area (Å²) in [6.45, 7) is 4.63. The van der Waals surface area contributed by atoms with Crippen LogP contribution >= 0.6 is 15.9 Å². The Balaban J connectivity index is 2.27. The molecule has 2 N–H and O–H groups in total. The van der Waals surface area contributed by atoms with E-state index >= 15 is 0 Å². The maximum absolute atomic E-state index is 13.2. The van der Waals surface area contributed by atoms with Crippen LogP contribution in [0.4, 0.5) is 8.78 Å². The summed E-state index contributed by atoms with van der Waals surface area (Å²) in [5.41, 5.74) is 8.51. The lowest BCUT2D eigenvalue weighted by Crippen LogP contribution is -2.16. The molecular formula is C14H16BrF2N3. The molecule has 2 aromatic rings. The molecule has 108 valence electrons. The molecule has 0 aliphatic heterocycles. The van der Waals surface area contributed by atoms with E-state index in [1.165, 1.54) is 6.07 Å². The number of aryl methyl sites for hydroxylation is 2. The highest BCUT2D eigenvalue weighted by Gasteiger charge is 2.17. The van der Waals surface area contributed by atoms with Gasteiger partial charge in [-0.2, -0.15) is 5.10 Å². The van der Waals surface area contributed by atoms with Crippen molar-refractivity contribution in [3.63, 3.8) is 0 Å². The molecule has 6 heteroatoms. The fourth-order valence-corrected chi connectivity index (χ4v) is 2.58. The Bertz CT molecular complexity index is 625. The van der Waals surface area contributed by atoms with Crippen molar-refractivity contribution in [2.24, 2.45) is 5.73 Å². The largest absolute Gasteiger partial charge is 0.324 e. The van der Waals surface area contributed by atoms with Crippen LogP contribution < -0.4 is 5.73 Å². The molecule has 0 spiro atoms. The van der Waals surface area contributed by atoms with Crippen LogP contribution in [0.3, 0.4) is 0 Å². The minimum Gasteiger partial charge on any atom is -0.324 e. The maximum atomic E-state index is 13.2. The number of aromatic nitrogens is 2. The Labute approximate surface area is 124 Å². The van der Waals surface area contributed by atoms with Gasteiger partial charge in [0, 0.05) is 19.0 Å². The summed E-state index contributed by atoms with van der Waals surface area (Å²) in [6.07, 6.45) is 0.500. The van der Waals surface area contributed by atoms with Crippen LogP contribution in [-0.4, -0.2) is 9.78 Å². The molecule has 1 aromatic heterocycles. The molecule has 1 atom stereocenters. The SMILES string of the molecule is CCn1nc(C)c(Br)c1CC(N)c1ccc(F)c(F)c1. The van der Waals surface area contributed by atoms with Crippen LogP contribution in [0, 0.1) is 18.6 Å². The van der Waals surface area contributed by atoms with Crippen molar-refractivity contribution >= 4 is 15.9 Å². The van der Waals surface area contributed by atoms with E-state index in [1.807, 2.05) is 18.5 Å². The Hall–Kier alpha value is -1.27. The van der Waals surface area contributed by atoms with Gasteiger partial charge in [-0.15, -0.1) is 0 Å². The van der Waals surface area contributed by atoms with Gasteiger partial charge in [0.15, 0.2) is 11.6 Å². The molecule has 0 bridgehead atoms. The maximum Gasteiger partial charge on any atom is 0.159 e. The van der Waals surface area contributed by atoms with Crippen LogP contribution in [-0.2, 0) is 13.0 Å². The van der Waals surface area contributed by atoms with E-state index in [2.05, 4.69) is 21.0 Å². The first-order valence-corrected chi connectivity index (χ1v) is 7.15. The minimum absolute atomic E-state index is 0.414. The second kappa shape index (κ2) is 6.01. The average Bonchev–Trinajstić information content (AvgIpc) is 2.69. The van der Waals surface area contributed by atoms with E-state index in [0.29, 0.717) is 12.0 Å². The molecule has 3 nitrogen and oxygen atoms in total. The summed E-state index contributed by atoms with van der Waals surface area (Å²) < 4.78 is 29.0. The minimum atomic E-state index is -0.878. The molecule has 0 aliphatic carbocycles. The summed E-state index contributed by atoms with van der Waals surface area (Å²) in [4.78, 5) is 0. The molecule has 0 fully saturated rings. The topological polar surface area (TPSA) is 43.8 Å². The monoisotopic (exact) mass is 343 g/mol. The summed E-state index contributed by atoms with van der Waals surface area (Å²) in [7, 11) is 0. The number of benzene rings is 1. The van der Waals surface area contributed by atoms with Crippen LogP contribution in [0.5, 0.6) is 0 Å². The van der Waals surface area contributed by atoms with Crippen LogP contribution in [0.1, 0.15) is 29.9 Å². The highest BCUT2D eigenvalue weighted by Crippen LogP contribution is 2.26. The van der Waals surface area contributed by atoms with Gasteiger partial charge < -0.3 is 5.73 Å². The molecule has 0 saturated heterocycles. The number of nitrogens with zero attached hydrogens (tertiary/aromatic N) is 2. The molecule has 0 radical (unpaired) electrons. The van der Waals surface area contributed by atoms with Crippen molar-refractivity contribution in [2.75, 3.05) is 0 Å². The molecule has 1 aromatic carbocycles. The Kier molecular flexibility index (Phi) is 4.55. The lowest BCUT2D eigenvalue weighted by molar-refractivity contribution is 0.504. The predicted octanol–water partition coefficient (Wildman–Crippen LogP) is 3.49. The number of hydrogen-bond acceptors (Lipinski definition) is 2. The second-order valence-corrected chi connectivity index (χ2v) is 5.44. The zero-order valence-electron chi connectivity index (χ0n) is 11.3. The van der Waals surface area contributed by atoms with Gasteiger partial charge >= 0.3 is 0 Å². The van der Waals surface area contributed by atoms with Gasteiger partial charge in [0.2, 0.25) is 0 Å². The molecule has 0 saturated carbocycles. The van der Waals surface area contributed by atoms with E-state index in [-0.39, 0.29) is 0 Å². The summed E-state index contributed by atoms with van der Waals surface area (Å²) in [5.74, 6) is -1.74. The van der Waals surface area contributed by atoms with Crippen LogP contribution in [0.15, 0.2) is 22.7 Å². The molecule has 1 heterocycles. The standard InChI is InChI=1S/C14H16BrF2N3/c1-3-20-13(14(15)8(2)19-20)7-12(18)9-4-5-10(16)11(17)6-9/h4-6,12H,3,7,18H2,1-2H3. The van der Waals surface area contributed by atoms with Gasteiger partial charge in [-0.3, -0.25) is 4.68 Å². The predicted molar refractivity (Wildman–Crippen MR) is 77.3 cm³/mol. The Morgan fingerprint density at radius 3 is 2.65 bits per heavy atom. The van der Waals surface area contributed by atoms with E-state index in [9.17, 15) is 8.78 Å². The van der Waals surface area contributed by atoms with E-state index in [0.717, 1.165) is 34.5 Å². The fourth-order valence-electron chi connectivity index (χ4n) is 2.13. The van der Waals surface area contributed by atoms with Crippen LogP contribution in [0.2, 0.25) is 0 Å². The molecule has 0 amide bonds. The van der Waals surface area contributed by atoms with Crippen LogP contribution in [0.25, 0.3) is 0 Å². The number of nitrogens with two attached hydrogens (primary N) is 1. The van der Waals surface area contributed by atoms with Gasteiger partial charge in [-0.1, -0.05) is 6.07 Å². The Morgan fingerprint density at radius 2 is 2.05 bits per heavy atom. The molecule has 0 aliphatic rings. The molecule has 1 unspecified atom stereocenters. The molecule has 2 rings (SSSR count). The van der Waals surface area contributed by atoms with Gasteiger partial charge in [0.1, 0.15) is 0 Å². The zero-order valence-corrected chi connectivity index (χ0v) is 12.9. The number of rotatable bonds is 4. The summed E-state index contributed by atoms with van der Waals surface area (Å²) >= 11 is 3.50. The van der Waals surface area contributed by atoms with E-state index < -0.39 is 17.7 Å². The highest BCUT2D eigenvalue weighted by molar-refractivity contribution is 9.10. The van der Waals surface area contributed by atoms with Crippen molar-refractivity contribution in [1.29, 1.82) is 0 Å². The first-order chi connectivity index (χ1) is 9.43. The third kappa shape index (κ3) is 2.91. The second-order valence-electron chi connectivity index (χ2n) is 4.65. The molecular weight excluding hydrogens is 328 g/mol. The first kappa shape index (κ1) is 15.1. The number of hydrogen-bond donors (Lipinski definition) is 1. The van der Waals surface area contributed by atoms with Crippen molar-refractivity contribution < 1.29 is 8.78 Å². The van der Waals surface area contributed by atoms with Crippen molar-refractivity contribution in [2.45, 2.75) is 32.9 Å².